The van der Waals surface area contributed by atoms with Crippen LogP contribution in [0.1, 0.15) is 52.1 Å². The van der Waals surface area contributed by atoms with Crippen LogP contribution in [-0.2, 0) is 6.54 Å². The molecule has 0 radical (unpaired) electrons. The monoisotopic (exact) mass is 282 g/mol. The first-order valence-electron chi connectivity index (χ1n) is 7.50. The largest absolute Gasteiger partial charge is 0.374 e. The number of hydrogen-bond donors (Lipinski definition) is 1. The van der Waals surface area contributed by atoms with Crippen LogP contribution in [0, 0.1) is 5.41 Å². The van der Waals surface area contributed by atoms with Crippen molar-refractivity contribution in [1.29, 1.82) is 0 Å². The maximum absolute atomic E-state index is 4.30. The number of nitrogens with zero attached hydrogens (tertiary/aromatic N) is 3. The Morgan fingerprint density at radius 3 is 2.74 bits per heavy atom. The van der Waals surface area contributed by atoms with Gasteiger partial charge in [0.1, 0.15) is 10.7 Å². The Hall–Kier alpha value is -0.680. The summed E-state index contributed by atoms with van der Waals surface area (Å²) in [5.41, 5.74) is 1.67. The number of likely N-dealkylation sites (tertiary alicyclic amines) is 1. The van der Waals surface area contributed by atoms with E-state index in [2.05, 4.69) is 40.6 Å². The SMILES string of the molecule is CCCNc1snnc1CN1CCC(CC)(CC)C1. The normalized spacial score (nSPS) is 18.9. The molecular weight excluding hydrogens is 256 g/mol. The van der Waals surface area contributed by atoms with Crippen molar-refractivity contribution in [2.75, 3.05) is 25.0 Å². The highest BCUT2D eigenvalue weighted by Crippen LogP contribution is 2.37. The summed E-state index contributed by atoms with van der Waals surface area (Å²) in [5, 5.41) is 8.89. The maximum Gasteiger partial charge on any atom is 0.134 e. The molecule has 0 saturated carbocycles. The van der Waals surface area contributed by atoms with Crippen molar-refractivity contribution in [2.45, 2.75) is 53.0 Å². The Kier molecular flexibility index (Phi) is 5.16. The molecule has 1 aliphatic rings. The molecule has 108 valence electrons. The Labute approximate surface area is 120 Å². The van der Waals surface area contributed by atoms with Crippen molar-refractivity contribution < 1.29 is 0 Å². The van der Waals surface area contributed by atoms with E-state index in [0.29, 0.717) is 5.41 Å². The average Bonchev–Trinajstić information content (AvgIpc) is 3.04. The summed E-state index contributed by atoms with van der Waals surface area (Å²) < 4.78 is 4.10. The van der Waals surface area contributed by atoms with E-state index in [4.69, 9.17) is 0 Å². The zero-order valence-electron chi connectivity index (χ0n) is 12.4. The molecule has 2 rings (SSSR count). The zero-order valence-corrected chi connectivity index (χ0v) is 13.2. The summed E-state index contributed by atoms with van der Waals surface area (Å²) in [5.74, 6) is 0. The summed E-state index contributed by atoms with van der Waals surface area (Å²) in [6.07, 6.45) is 5.04. The number of nitrogens with one attached hydrogen (secondary N) is 1. The second-order valence-electron chi connectivity index (χ2n) is 5.64. The van der Waals surface area contributed by atoms with Gasteiger partial charge in [0.25, 0.3) is 0 Å². The summed E-state index contributed by atoms with van der Waals surface area (Å²) in [4.78, 5) is 2.54. The lowest BCUT2D eigenvalue weighted by molar-refractivity contribution is 0.235. The van der Waals surface area contributed by atoms with Crippen LogP contribution in [-0.4, -0.2) is 34.1 Å². The minimum atomic E-state index is 0.542. The van der Waals surface area contributed by atoms with Crippen molar-refractivity contribution in [3.8, 4) is 0 Å². The molecule has 0 aliphatic carbocycles. The summed E-state index contributed by atoms with van der Waals surface area (Å²) in [6, 6.07) is 0. The fourth-order valence-electron chi connectivity index (χ4n) is 2.89. The molecule has 1 fully saturated rings. The first-order chi connectivity index (χ1) is 9.23. The van der Waals surface area contributed by atoms with Crippen LogP contribution in [0.3, 0.4) is 0 Å². The highest BCUT2D eigenvalue weighted by molar-refractivity contribution is 7.10. The van der Waals surface area contributed by atoms with Gasteiger partial charge in [-0.15, -0.1) is 5.10 Å². The minimum Gasteiger partial charge on any atom is -0.374 e. The Bertz CT molecular complexity index is 387. The van der Waals surface area contributed by atoms with Crippen LogP contribution < -0.4 is 5.32 Å². The molecule has 1 aliphatic heterocycles. The summed E-state index contributed by atoms with van der Waals surface area (Å²) >= 11 is 1.49. The van der Waals surface area contributed by atoms with Gasteiger partial charge in [0.2, 0.25) is 0 Å². The molecule has 0 unspecified atom stereocenters. The van der Waals surface area contributed by atoms with Gasteiger partial charge in [0, 0.05) is 31.2 Å². The van der Waals surface area contributed by atoms with Crippen molar-refractivity contribution in [3.63, 3.8) is 0 Å². The predicted octanol–water partition coefficient (Wildman–Crippen LogP) is 3.37. The molecule has 5 heteroatoms. The van der Waals surface area contributed by atoms with Gasteiger partial charge >= 0.3 is 0 Å². The molecule has 19 heavy (non-hydrogen) atoms. The highest BCUT2D eigenvalue weighted by Gasteiger charge is 2.35. The fraction of sp³-hybridized carbons (Fsp3) is 0.857. The fourth-order valence-corrected chi connectivity index (χ4v) is 3.48. The first kappa shape index (κ1) is 14.7. The molecule has 2 heterocycles. The van der Waals surface area contributed by atoms with Crippen LogP contribution in [0.4, 0.5) is 5.00 Å². The van der Waals surface area contributed by atoms with Crippen LogP contribution in [0.5, 0.6) is 0 Å². The minimum absolute atomic E-state index is 0.542. The summed E-state index contributed by atoms with van der Waals surface area (Å²) in [7, 11) is 0. The number of hydrogen-bond acceptors (Lipinski definition) is 5. The topological polar surface area (TPSA) is 41.1 Å². The van der Waals surface area contributed by atoms with Crippen LogP contribution in [0.2, 0.25) is 0 Å². The Morgan fingerprint density at radius 2 is 2.11 bits per heavy atom. The van der Waals surface area contributed by atoms with Gasteiger partial charge in [0.15, 0.2) is 0 Å². The van der Waals surface area contributed by atoms with Crippen LogP contribution in [0.25, 0.3) is 0 Å². The summed E-state index contributed by atoms with van der Waals surface area (Å²) in [6.45, 7) is 11.2. The molecule has 4 nitrogen and oxygen atoms in total. The lowest BCUT2D eigenvalue weighted by atomic mass is 9.82. The van der Waals surface area contributed by atoms with Gasteiger partial charge < -0.3 is 5.32 Å². The lowest BCUT2D eigenvalue weighted by Gasteiger charge is -2.26. The molecule has 1 aromatic rings. The van der Waals surface area contributed by atoms with E-state index >= 15 is 0 Å². The van der Waals surface area contributed by atoms with Gasteiger partial charge in [-0.3, -0.25) is 4.90 Å². The van der Waals surface area contributed by atoms with E-state index in [9.17, 15) is 0 Å². The quantitative estimate of drug-likeness (QED) is 0.832. The van der Waals surface area contributed by atoms with Crippen molar-refractivity contribution in [1.82, 2.24) is 14.5 Å². The molecular formula is C14H26N4S. The first-order valence-corrected chi connectivity index (χ1v) is 8.28. The van der Waals surface area contributed by atoms with Gasteiger partial charge in [-0.25, -0.2) is 0 Å². The lowest BCUT2D eigenvalue weighted by Crippen LogP contribution is -2.26. The van der Waals surface area contributed by atoms with Crippen molar-refractivity contribution >= 4 is 16.5 Å². The van der Waals surface area contributed by atoms with Crippen LogP contribution in [0.15, 0.2) is 0 Å². The molecule has 0 aromatic carbocycles. The van der Waals surface area contributed by atoms with E-state index in [1.165, 1.54) is 43.9 Å². The van der Waals surface area contributed by atoms with E-state index in [0.717, 1.165) is 30.2 Å². The van der Waals surface area contributed by atoms with Gasteiger partial charge in [-0.2, -0.15) is 0 Å². The molecule has 1 saturated heterocycles. The molecule has 0 amide bonds. The van der Waals surface area contributed by atoms with E-state index in [-0.39, 0.29) is 0 Å². The predicted molar refractivity (Wildman–Crippen MR) is 81.6 cm³/mol. The second-order valence-corrected chi connectivity index (χ2v) is 6.40. The van der Waals surface area contributed by atoms with E-state index in [1.807, 2.05) is 0 Å². The average molecular weight is 282 g/mol. The highest BCUT2D eigenvalue weighted by atomic mass is 32.1. The smallest absolute Gasteiger partial charge is 0.134 e. The molecule has 1 N–H and O–H groups in total. The standard InChI is InChI=1S/C14H26N4S/c1-4-8-15-13-12(16-17-19-13)10-18-9-7-14(5-2,6-3)11-18/h15H,4-11H2,1-3H3. The maximum atomic E-state index is 4.30. The molecule has 0 atom stereocenters. The van der Waals surface area contributed by atoms with Crippen molar-refractivity contribution in [3.05, 3.63) is 5.69 Å². The third kappa shape index (κ3) is 3.45. The molecule has 0 spiro atoms. The Morgan fingerprint density at radius 1 is 1.32 bits per heavy atom. The van der Waals surface area contributed by atoms with Gasteiger partial charge in [0.05, 0.1) is 0 Å². The third-order valence-corrected chi connectivity index (χ3v) is 5.21. The van der Waals surface area contributed by atoms with Gasteiger partial charge in [-0.05, 0) is 37.6 Å². The molecule has 0 bridgehead atoms. The second kappa shape index (κ2) is 6.66. The zero-order chi connectivity index (χ0) is 13.7. The Balaban J connectivity index is 1.94. The van der Waals surface area contributed by atoms with Gasteiger partial charge in [-0.1, -0.05) is 25.3 Å². The van der Waals surface area contributed by atoms with Crippen LogP contribution >= 0.6 is 11.5 Å². The van der Waals surface area contributed by atoms with E-state index in [1.54, 1.807) is 0 Å². The number of anilines is 1. The third-order valence-electron chi connectivity index (χ3n) is 4.48. The van der Waals surface area contributed by atoms with Crippen molar-refractivity contribution in [2.24, 2.45) is 5.41 Å². The number of rotatable bonds is 7. The van der Waals surface area contributed by atoms with E-state index < -0.39 is 0 Å². The number of aromatic nitrogens is 2. The molecule has 1 aromatic heterocycles.